The molecule has 6 nitrogen and oxygen atoms in total. The molecule has 1 aliphatic heterocycles. The maximum Gasteiger partial charge on any atom is 0.413 e. The summed E-state index contributed by atoms with van der Waals surface area (Å²) >= 11 is 0. The van der Waals surface area contributed by atoms with Crippen LogP contribution in [-0.2, 0) is 9.47 Å². The van der Waals surface area contributed by atoms with Crippen molar-refractivity contribution in [3.63, 3.8) is 0 Å². The van der Waals surface area contributed by atoms with Gasteiger partial charge in [-0.05, 0) is 46.5 Å². The van der Waals surface area contributed by atoms with E-state index in [1.165, 1.54) is 5.69 Å². The van der Waals surface area contributed by atoms with Crippen LogP contribution < -0.4 is 5.32 Å². The van der Waals surface area contributed by atoms with Crippen molar-refractivity contribution in [1.29, 1.82) is 0 Å². The Bertz CT molecular complexity index is 564. The number of nitrogens with zero attached hydrogens (tertiary/aromatic N) is 2. The van der Waals surface area contributed by atoms with Crippen molar-refractivity contribution in [2.75, 3.05) is 18.5 Å². The van der Waals surface area contributed by atoms with Crippen LogP contribution in [-0.4, -0.2) is 34.7 Å². The minimum Gasteiger partial charge on any atom is -0.444 e. The number of nitrogens with one attached hydrogen (secondary N) is 1. The second-order valence-electron chi connectivity index (χ2n) is 7.51. The maximum absolute atomic E-state index is 11.9. The fraction of sp³-hybridized carbons (Fsp3) is 0.750. The van der Waals surface area contributed by atoms with Crippen LogP contribution in [0.4, 0.5) is 10.6 Å². The largest absolute Gasteiger partial charge is 0.444 e. The van der Waals surface area contributed by atoms with E-state index in [4.69, 9.17) is 9.47 Å². The summed E-state index contributed by atoms with van der Waals surface area (Å²) in [5, 5.41) is 7.27. The minimum atomic E-state index is -0.515. The molecule has 0 radical (unpaired) electrons. The number of aromatic nitrogens is 2. The zero-order valence-electron chi connectivity index (χ0n) is 13.9. The van der Waals surface area contributed by atoms with Crippen LogP contribution in [0, 0.1) is 11.8 Å². The molecule has 1 aliphatic carbocycles. The molecule has 1 aromatic rings. The first-order valence-electron chi connectivity index (χ1n) is 7.93. The molecule has 0 aromatic carbocycles. The SMILES string of the molecule is CC(C)n1nc(NC(=O)OC(C)(C)C)cc1C1[C@H]2COC[C@@H]12. The van der Waals surface area contributed by atoms with E-state index in [2.05, 4.69) is 24.3 Å². The van der Waals surface area contributed by atoms with E-state index in [1.54, 1.807) is 0 Å². The van der Waals surface area contributed by atoms with E-state index in [-0.39, 0.29) is 6.04 Å². The average Bonchev–Trinajstić information content (AvgIpc) is 2.76. The second kappa shape index (κ2) is 5.26. The topological polar surface area (TPSA) is 65.4 Å². The number of anilines is 1. The van der Waals surface area contributed by atoms with Gasteiger partial charge >= 0.3 is 6.09 Å². The highest BCUT2D eigenvalue weighted by molar-refractivity contribution is 5.83. The van der Waals surface area contributed by atoms with E-state index >= 15 is 0 Å². The molecule has 22 heavy (non-hydrogen) atoms. The predicted octanol–water partition coefficient (Wildman–Crippen LogP) is 3.17. The molecule has 1 aromatic heterocycles. The van der Waals surface area contributed by atoms with Gasteiger partial charge < -0.3 is 9.47 Å². The van der Waals surface area contributed by atoms with Crippen LogP contribution in [0.3, 0.4) is 0 Å². The van der Waals surface area contributed by atoms with Crippen molar-refractivity contribution in [2.24, 2.45) is 11.8 Å². The molecule has 3 rings (SSSR count). The minimum absolute atomic E-state index is 0.256. The van der Waals surface area contributed by atoms with Crippen molar-refractivity contribution in [1.82, 2.24) is 9.78 Å². The van der Waals surface area contributed by atoms with Crippen molar-refractivity contribution in [3.05, 3.63) is 11.8 Å². The highest BCUT2D eigenvalue weighted by Gasteiger charge is 2.56. The molecule has 3 atom stereocenters. The number of hydrogen-bond donors (Lipinski definition) is 1. The van der Waals surface area contributed by atoms with Gasteiger partial charge in [0.25, 0.3) is 0 Å². The van der Waals surface area contributed by atoms with Gasteiger partial charge in [0.05, 0.1) is 13.2 Å². The van der Waals surface area contributed by atoms with Gasteiger partial charge in [0, 0.05) is 23.7 Å². The number of carbonyl (C=O) groups is 1. The normalized spacial score (nSPS) is 26.9. The first-order chi connectivity index (χ1) is 10.3. The first kappa shape index (κ1) is 15.3. The molecule has 2 aliphatic rings. The average molecular weight is 307 g/mol. The van der Waals surface area contributed by atoms with Crippen molar-refractivity contribution in [3.8, 4) is 0 Å². The van der Waals surface area contributed by atoms with Gasteiger partial charge in [-0.2, -0.15) is 5.10 Å². The Balaban J connectivity index is 1.75. The second-order valence-corrected chi connectivity index (χ2v) is 7.51. The number of ether oxygens (including phenoxy) is 2. The third-order valence-electron chi connectivity index (χ3n) is 4.18. The molecule has 1 N–H and O–H groups in total. The van der Waals surface area contributed by atoms with E-state index in [0.717, 1.165) is 13.2 Å². The number of fused-ring (bicyclic) bond motifs is 1. The highest BCUT2D eigenvalue weighted by Crippen LogP contribution is 2.57. The summed E-state index contributed by atoms with van der Waals surface area (Å²) in [6, 6.07) is 2.24. The quantitative estimate of drug-likeness (QED) is 0.931. The molecule has 1 unspecified atom stereocenters. The van der Waals surface area contributed by atoms with Crippen LogP contribution in [0.25, 0.3) is 0 Å². The van der Waals surface area contributed by atoms with Crippen molar-refractivity contribution >= 4 is 11.9 Å². The lowest BCUT2D eigenvalue weighted by Crippen LogP contribution is -2.27. The number of rotatable bonds is 3. The van der Waals surface area contributed by atoms with Crippen LogP contribution >= 0.6 is 0 Å². The van der Waals surface area contributed by atoms with Crippen LogP contribution in [0.2, 0.25) is 0 Å². The van der Waals surface area contributed by atoms with Crippen LogP contribution in [0.1, 0.15) is 52.3 Å². The zero-order chi connectivity index (χ0) is 16.1. The first-order valence-corrected chi connectivity index (χ1v) is 7.93. The number of amides is 1. The van der Waals surface area contributed by atoms with Gasteiger partial charge in [0.15, 0.2) is 5.82 Å². The van der Waals surface area contributed by atoms with Gasteiger partial charge in [-0.1, -0.05) is 0 Å². The Hall–Kier alpha value is -1.56. The molecular weight excluding hydrogens is 282 g/mol. The smallest absolute Gasteiger partial charge is 0.413 e. The van der Waals surface area contributed by atoms with Crippen LogP contribution in [0.15, 0.2) is 6.07 Å². The third-order valence-corrected chi connectivity index (χ3v) is 4.18. The van der Waals surface area contributed by atoms with E-state index in [1.807, 2.05) is 31.5 Å². The van der Waals surface area contributed by atoms with E-state index < -0.39 is 11.7 Å². The number of carbonyl (C=O) groups excluding carboxylic acids is 1. The van der Waals surface area contributed by atoms with Gasteiger partial charge in [-0.15, -0.1) is 0 Å². The summed E-state index contributed by atoms with van der Waals surface area (Å²) in [6.07, 6.45) is -0.466. The molecule has 2 fully saturated rings. The number of hydrogen-bond acceptors (Lipinski definition) is 4. The summed E-state index contributed by atoms with van der Waals surface area (Å²) in [6.45, 7) is 11.4. The maximum atomic E-state index is 11.9. The van der Waals surface area contributed by atoms with E-state index in [9.17, 15) is 4.79 Å². The van der Waals surface area contributed by atoms with E-state index in [0.29, 0.717) is 23.6 Å². The summed E-state index contributed by atoms with van der Waals surface area (Å²) in [7, 11) is 0. The molecule has 122 valence electrons. The molecular formula is C16H25N3O3. The Labute approximate surface area is 131 Å². The molecule has 0 bridgehead atoms. The molecule has 1 amide bonds. The lowest BCUT2D eigenvalue weighted by Gasteiger charge is -2.19. The standard InChI is InChI=1S/C16H25N3O3/c1-9(2)19-12(14-10-7-21-8-11(10)14)6-13(18-19)17-15(20)22-16(3,4)5/h6,9-11,14H,7-8H2,1-5H3,(H,17,18,20)/t10-,11+,14?. The molecule has 6 heteroatoms. The Morgan fingerprint density at radius 3 is 2.59 bits per heavy atom. The highest BCUT2D eigenvalue weighted by atomic mass is 16.6. The zero-order valence-corrected chi connectivity index (χ0v) is 13.9. The van der Waals surface area contributed by atoms with Gasteiger partial charge in [0.2, 0.25) is 0 Å². The molecule has 1 saturated carbocycles. The van der Waals surface area contributed by atoms with Gasteiger partial charge in [-0.25, -0.2) is 4.79 Å². The lowest BCUT2D eigenvalue weighted by atomic mass is 10.2. The summed E-state index contributed by atoms with van der Waals surface area (Å²) < 4.78 is 12.8. The summed E-state index contributed by atoms with van der Waals surface area (Å²) in [5.74, 6) is 2.30. The Morgan fingerprint density at radius 1 is 1.41 bits per heavy atom. The molecule has 0 spiro atoms. The third kappa shape index (κ3) is 2.97. The molecule has 1 saturated heterocycles. The monoisotopic (exact) mass is 307 g/mol. The molecule has 2 heterocycles. The fourth-order valence-corrected chi connectivity index (χ4v) is 3.22. The lowest BCUT2D eigenvalue weighted by molar-refractivity contribution is 0.0635. The summed E-state index contributed by atoms with van der Waals surface area (Å²) in [4.78, 5) is 11.9. The van der Waals surface area contributed by atoms with Crippen molar-refractivity contribution in [2.45, 2.75) is 52.2 Å². The Kier molecular flexibility index (Phi) is 3.67. The van der Waals surface area contributed by atoms with Gasteiger partial charge in [-0.3, -0.25) is 10.00 Å². The fourth-order valence-electron chi connectivity index (χ4n) is 3.22. The van der Waals surface area contributed by atoms with Gasteiger partial charge in [0.1, 0.15) is 5.60 Å². The summed E-state index contributed by atoms with van der Waals surface area (Å²) in [5.41, 5.74) is 0.678. The predicted molar refractivity (Wildman–Crippen MR) is 83.0 cm³/mol. The van der Waals surface area contributed by atoms with Crippen LogP contribution in [0.5, 0.6) is 0 Å². The Morgan fingerprint density at radius 2 is 2.05 bits per heavy atom. The van der Waals surface area contributed by atoms with Crippen molar-refractivity contribution < 1.29 is 14.3 Å².